The molecule has 0 saturated heterocycles. The Labute approximate surface area is 181 Å². The first-order valence-electron chi connectivity index (χ1n) is 8.78. The van der Waals surface area contributed by atoms with E-state index < -0.39 is 0 Å². The average Bonchev–Trinajstić information content (AvgIpc) is 3.11. The average molecular weight is 445 g/mol. The summed E-state index contributed by atoms with van der Waals surface area (Å²) in [6, 6.07) is 17.8. The summed E-state index contributed by atoms with van der Waals surface area (Å²) in [7, 11) is 0. The second-order valence-corrected chi connectivity index (χ2v) is 9.42. The molecule has 1 N–H and O–H groups in total. The Morgan fingerprint density at radius 1 is 1.00 bits per heavy atom. The summed E-state index contributed by atoms with van der Waals surface area (Å²) < 4.78 is 0. The molecule has 28 heavy (non-hydrogen) atoms. The lowest BCUT2D eigenvalue weighted by molar-refractivity contribution is 0.926. The summed E-state index contributed by atoms with van der Waals surface area (Å²) in [6.45, 7) is 2.16. The fraction of sp³-hybridized carbons (Fsp3) is 0.150. The van der Waals surface area contributed by atoms with Crippen LogP contribution < -0.4 is 5.32 Å². The van der Waals surface area contributed by atoms with Crippen LogP contribution in [0.1, 0.15) is 13.3 Å². The van der Waals surface area contributed by atoms with Crippen LogP contribution in [-0.2, 0) is 0 Å². The van der Waals surface area contributed by atoms with Crippen molar-refractivity contribution in [2.75, 3.05) is 11.1 Å². The predicted molar refractivity (Wildman–Crippen MR) is 122 cm³/mol. The van der Waals surface area contributed by atoms with Gasteiger partial charge in [0, 0.05) is 21.4 Å². The van der Waals surface area contributed by atoms with Crippen LogP contribution in [0.5, 0.6) is 0 Å². The van der Waals surface area contributed by atoms with Crippen LogP contribution in [0.15, 0.2) is 69.7 Å². The molecule has 0 spiro atoms. The zero-order valence-electron chi connectivity index (χ0n) is 15.1. The van der Waals surface area contributed by atoms with Crippen molar-refractivity contribution in [3.05, 3.63) is 59.6 Å². The zero-order chi connectivity index (χ0) is 19.3. The first-order chi connectivity index (χ1) is 13.7. The SMILES string of the molecule is CCCSc1nc(Sc2ccc(Cl)cc2)c2nc(Nc3ccccc3)sc2n1. The second kappa shape index (κ2) is 9.13. The van der Waals surface area contributed by atoms with Gasteiger partial charge in [-0.25, -0.2) is 15.0 Å². The van der Waals surface area contributed by atoms with Gasteiger partial charge >= 0.3 is 0 Å². The van der Waals surface area contributed by atoms with Gasteiger partial charge in [-0.3, -0.25) is 0 Å². The summed E-state index contributed by atoms with van der Waals surface area (Å²) in [6.07, 6.45) is 1.08. The van der Waals surface area contributed by atoms with E-state index in [1.54, 1.807) is 34.9 Å². The number of nitrogens with zero attached hydrogens (tertiary/aromatic N) is 3. The summed E-state index contributed by atoms with van der Waals surface area (Å²) in [5.41, 5.74) is 1.83. The lowest BCUT2D eigenvalue weighted by Gasteiger charge is -2.04. The van der Waals surface area contributed by atoms with E-state index in [-0.39, 0.29) is 0 Å². The maximum absolute atomic E-state index is 6.02. The van der Waals surface area contributed by atoms with E-state index in [0.717, 1.165) is 53.4 Å². The van der Waals surface area contributed by atoms with Crippen LogP contribution >= 0.6 is 46.5 Å². The Balaban J connectivity index is 1.70. The highest BCUT2D eigenvalue weighted by Crippen LogP contribution is 2.37. The molecule has 4 nitrogen and oxygen atoms in total. The van der Waals surface area contributed by atoms with Crippen molar-refractivity contribution in [2.45, 2.75) is 28.4 Å². The van der Waals surface area contributed by atoms with E-state index in [0.29, 0.717) is 0 Å². The van der Waals surface area contributed by atoms with Gasteiger partial charge in [0.1, 0.15) is 10.5 Å². The highest BCUT2D eigenvalue weighted by atomic mass is 35.5. The second-order valence-electron chi connectivity index (χ2n) is 5.88. The Hall–Kier alpha value is -1.80. The van der Waals surface area contributed by atoms with Gasteiger partial charge in [0.05, 0.1) is 0 Å². The standard InChI is InChI=1S/C20H17ClN4S3/c1-2-12-26-19-24-17(27-15-10-8-13(21)9-11-15)16-18(25-19)28-20(23-16)22-14-6-4-3-5-7-14/h3-11H,2,12H2,1H3,(H,22,23). The van der Waals surface area contributed by atoms with E-state index in [2.05, 4.69) is 12.2 Å². The number of para-hydroxylation sites is 1. The number of hydrogen-bond donors (Lipinski definition) is 1. The maximum Gasteiger partial charge on any atom is 0.190 e. The third-order valence-corrected chi connectivity index (χ3v) is 6.85. The number of rotatable bonds is 7. The van der Waals surface area contributed by atoms with Crippen molar-refractivity contribution in [2.24, 2.45) is 0 Å². The number of benzene rings is 2. The number of anilines is 2. The number of fused-ring (bicyclic) bond motifs is 1. The van der Waals surface area contributed by atoms with Gasteiger partial charge in [-0.05, 0) is 42.8 Å². The smallest absolute Gasteiger partial charge is 0.190 e. The first kappa shape index (κ1) is 19.5. The largest absolute Gasteiger partial charge is 0.331 e. The maximum atomic E-state index is 6.02. The molecule has 142 valence electrons. The molecule has 2 heterocycles. The highest BCUT2D eigenvalue weighted by molar-refractivity contribution is 8.00. The molecule has 0 fully saturated rings. The van der Waals surface area contributed by atoms with Crippen LogP contribution in [0.25, 0.3) is 10.3 Å². The van der Waals surface area contributed by atoms with Gasteiger partial charge in [-0.1, -0.05) is 71.6 Å². The van der Waals surface area contributed by atoms with Crippen molar-refractivity contribution in [3.63, 3.8) is 0 Å². The van der Waals surface area contributed by atoms with Gasteiger partial charge in [-0.15, -0.1) is 0 Å². The molecule has 0 bridgehead atoms. The Bertz CT molecular complexity index is 1070. The summed E-state index contributed by atoms with van der Waals surface area (Å²) >= 11 is 10.8. The van der Waals surface area contributed by atoms with E-state index in [1.165, 1.54) is 0 Å². The zero-order valence-corrected chi connectivity index (χ0v) is 18.3. The van der Waals surface area contributed by atoms with Crippen molar-refractivity contribution in [3.8, 4) is 0 Å². The molecule has 2 aromatic heterocycles. The fourth-order valence-electron chi connectivity index (χ4n) is 2.42. The third-order valence-electron chi connectivity index (χ3n) is 3.69. The Morgan fingerprint density at radius 3 is 2.54 bits per heavy atom. The minimum Gasteiger partial charge on any atom is -0.331 e. The van der Waals surface area contributed by atoms with E-state index in [9.17, 15) is 0 Å². The molecular weight excluding hydrogens is 428 g/mol. The first-order valence-corrected chi connectivity index (χ1v) is 11.8. The predicted octanol–water partition coefficient (Wildman–Crippen LogP) is 7.14. The molecule has 8 heteroatoms. The summed E-state index contributed by atoms with van der Waals surface area (Å²) in [5, 5.41) is 6.55. The molecule has 0 unspecified atom stereocenters. The molecule has 4 rings (SSSR count). The van der Waals surface area contributed by atoms with E-state index in [1.807, 2.05) is 54.6 Å². The number of thioether (sulfide) groups is 1. The normalized spacial score (nSPS) is 11.1. The molecule has 0 saturated carbocycles. The number of nitrogens with one attached hydrogen (secondary N) is 1. The molecule has 0 aliphatic rings. The Morgan fingerprint density at radius 2 is 1.79 bits per heavy atom. The molecule has 0 atom stereocenters. The molecule has 0 radical (unpaired) electrons. The number of hydrogen-bond acceptors (Lipinski definition) is 7. The lowest BCUT2D eigenvalue weighted by Crippen LogP contribution is -1.92. The van der Waals surface area contributed by atoms with Crippen molar-refractivity contribution in [1.82, 2.24) is 15.0 Å². The third kappa shape index (κ3) is 4.78. The minimum absolute atomic E-state index is 0.722. The molecule has 2 aromatic carbocycles. The van der Waals surface area contributed by atoms with Crippen LogP contribution in [-0.4, -0.2) is 20.7 Å². The fourth-order valence-corrected chi connectivity index (χ4v) is 5.15. The van der Waals surface area contributed by atoms with Gasteiger partial charge in [0.15, 0.2) is 15.1 Å². The van der Waals surface area contributed by atoms with Gasteiger partial charge in [-0.2, -0.15) is 0 Å². The van der Waals surface area contributed by atoms with E-state index >= 15 is 0 Å². The van der Waals surface area contributed by atoms with Crippen LogP contribution in [0, 0.1) is 0 Å². The number of aromatic nitrogens is 3. The summed E-state index contributed by atoms with van der Waals surface area (Å²) in [5.74, 6) is 0.991. The molecule has 4 aromatic rings. The molecular formula is C20H17ClN4S3. The molecule has 0 amide bonds. The minimum atomic E-state index is 0.722. The van der Waals surface area contributed by atoms with Crippen LogP contribution in [0.4, 0.5) is 10.8 Å². The topological polar surface area (TPSA) is 50.7 Å². The highest BCUT2D eigenvalue weighted by Gasteiger charge is 2.15. The van der Waals surface area contributed by atoms with Crippen LogP contribution in [0.2, 0.25) is 5.02 Å². The van der Waals surface area contributed by atoms with Crippen LogP contribution in [0.3, 0.4) is 0 Å². The van der Waals surface area contributed by atoms with Gasteiger partial charge < -0.3 is 5.32 Å². The molecule has 0 aliphatic carbocycles. The van der Waals surface area contributed by atoms with Crippen molar-refractivity contribution in [1.29, 1.82) is 0 Å². The van der Waals surface area contributed by atoms with E-state index in [4.69, 9.17) is 26.6 Å². The van der Waals surface area contributed by atoms with Crippen molar-refractivity contribution >= 4 is 67.6 Å². The Kier molecular flexibility index (Phi) is 6.36. The summed E-state index contributed by atoms with van der Waals surface area (Å²) in [4.78, 5) is 16.2. The monoisotopic (exact) mass is 444 g/mol. The van der Waals surface area contributed by atoms with Gasteiger partial charge in [0.25, 0.3) is 0 Å². The lowest BCUT2D eigenvalue weighted by atomic mass is 10.3. The van der Waals surface area contributed by atoms with Gasteiger partial charge in [0.2, 0.25) is 0 Å². The molecule has 0 aliphatic heterocycles. The van der Waals surface area contributed by atoms with Crippen molar-refractivity contribution < 1.29 is 0 Å². The number of thiazole rings is 1. The number of halogens is 1. The quantitative estimate of drug-likeness (QED) is 0.186.